The van der Waals surface area contributed by atoms with Gasteiger partial charge in [-0.3, -0.25) is 10.1 Å². The van der Waals surface area contributed by atoms with Crippen LogP contribution in [-0.4, -0.2) is 52.6 Å². The number of nitro groups is 1. The zero-order valence-electron chi connectivity index (χ0n) is 12.4. The summed E-state index contributed by atoms with van der Waals surface area (Å²) in [6.07, 6.45) is 3.81. The van der Waals surface area contributed by atoms with Crippen molar-refractivity contribution >= 4 is 11.5 Å². The Kier molecular flexibility index (Phi) is 5.26. The van der Waals surface area contributed by atoms with E-state index in [0.717, 1.165) is 32.4 Å². The molecule has 0 unspecified atom stereocenters. The van der Waals surface area contributed by atoms with Crippen molar-refractivity contribution in [1.82, 2.24) is 14.9 Å². The number of anilines is 1. The molecule has 0 atom stereocenters. The number of hydrogen-bond acceptors (Lipinski definition) is 7. The number of piperidine rings is 1. The standard InChI is InChI=1S/C13H21N5O3/c1-3-6-14-12-11(18(19)20)13(16-9-15-12)21-10-4-7-17(2)8-5-10/h9-10H,3-8H2,1-2H3,(H,14,15,16). The summed E-state index contributed by atoms with van der Waals surface area (Å²) >= 11 is 0. The fourth-order valence-electron chi connectivity index (χ4n) is 2.25. The smallest absolute Gasteiger partial charge is 0.372 e. The van der Waals surface area contributed by atoms with Gasteiger partial charge in [-0.2, -0.15) is 4.98 Å². The van der Waals surface area contributed by atoms with Gasteiger partial charge in [-0.15, -0.1) is 0 Å². The molecule has 1 aliphatic heterocycles. The summed E-state index contributed by atoms with van der Waals surface area (Å²) in [6, 6.07) is 0. The molecular formula is C13H21N5O3. The molecule has 1 fully saturated rings. The first-order valence-corrected chi connectivity index (χ1v) is 7.20. The molecule has 1 N–H and O–H groups in total. The van der Waals surface area contributed by atoms with Crippen molar-refractivity contribution < 1.29 is 9.66 Å². The Morgan fingerprint density at radius 2 is 2.19 bits per heavy atom. The molecule has 0 spiro atoms. The number of aromatic nitrogens is 2. The summed E-state index contributed by atoms with van der Waals surface area (Å²) in [6.45, 7) is 4.44. The lowest BCUT2D eigenvalue weighted by atomic mass is 10.1. The number of nitrogens with zero attached hydrogens (tertiary/aromatic N) is 4. The molecule has 1 aromatic rings. The van der Waals surface area contributed by atoms with Gasteiger partial charge in [-0.05, 0) is 26.3 Å². The molecule has 116 valence electrons. The van der Waals surface area contributed by atoms with E-state index in [1.54, 1.807) is 0 Å². The molecule has 2 rings (SSSR count). The van der Waals surface area contributed by atoms with Crippen LogP contribution in [0.1, 0.15) is 26.2 Å². The Hall–Kier alpha value is -1.96. The van der Waals surface area contributed by atoms with Crippen LogP contribution >= 0.6 is 0 Å². The maximum Gasteiger partial charge on any atom is 0.372 e. The predicted molar refractivity (Wildman–Crippen MR) is 78.6 cm³/mol. The van der Waals surface area contributed by atoms with Crippen LogP contribution in [0.25, 0.3) is 0 Å². The first-order chi connectivity index (χ1) is 10.1. The second kappa shape index (κ2) is 7.16. The van der Waals surface area contributed by atoms with Gasteiger partial charge in [-0.1, -0.05) is 6.92 Å². The van der Waals surface area contributed by atoms with Gasteiger partial charge in [0, 0.05) is 19.6 Å². The maximum atomic E-state index is 11.3. The van der Waals surface area contributed by atoms with Crippen LogP contribution in [0, 0.1) is 10.1 Å². The van der Waals surface area contributed by atoms with E-state index >= 15 is 0 Å². The summed E-state index contributed by atoms with van der Waals surface area (Å²) in [4.78, 5) is 20.9. The normalized spacial score (nSPS) is 16.7. The minimum Gasteiger partial charge on any atom is -0.469 e. The molecule has 0 amide bonds. The van der Waals surface area contributed by atoms with Gasteiger partial charge in [0.05, 0.1) is 4.92 Å². The largest absolute Gasteiger partial charge is 0.469 e. The molecule has 1 aliphatic rings. The van der Waals surface area contributed by atoms with Crippen molar-refractivity contribution in [3.63, 3.8) is 0 Å². The van der Waals surface area contributed by atoms with Crippen LogP contribution in [-0.2, 0) is 0 Å². The Morgan fingerprint density at radius 3 is 2.81 bits per heavy atom. The number of hydrogen-bond donors (Lipinski definition) is 1. The molecule has 8 heteroatoms. The monoisotopic (exact) mass is 295 g/mol. The quantitative estimate of drug-likeness (QED) is 0.630. The average molecular weight is 295 g/mol. The van der Waals surface area contributed by atoms with Gasteiger partial charge < -0.3 is 15.0 Å². The minimum absolute atomic E-state index is 0.0335. The molecular weight excluding hydrogens is 274 g/mol. The lowest BCUT2D eigenvalue weighted by Gasteiger charge is -2.28. The van der Waals surface area contributed by atoms with Gasteiger partial charge in [0.15, 0.2) is 0 Å². The highest BCUT2D eigenvalue weighted by atomic mass is 16.6. The van der Waals surface area contributed by atoms with Crippen LogP contribution in [0.15, 0.2) is 6.33 Å². The predicted octanol–water partition coefficient (Wildman–Crippen LogP) is 1.68. The molecule has 0 saturated carbocycles. The summed E-state index contributed by atoms with van der Waals surface area (Å²) in [7, 11) is 2.05. The summed E-state index contributed by atoms with van der Waals surface area (Å²) in [5, 5.41) is 14.2. The minimum atomic E-state index is -0.484. The lowest BCUT2D eigenvalue weighted by molar-refractivity contribution is -0.385. The van der Waals surface area contributed by atoms with E-state index in [1.165, 1.54) is 6.33 Å². The summed E-state index contributed by atoms with van der Waals surface area (Å²) in [5.41, 5.74) is -0.176. The van der Waals surface area contributed by atoms with Crippen LogP contribution in [0.4, 0.5) is 11.5 Å². The second-order valence-corrected chi connectivity index (χ2v) is 5.18. The zero-order chi connectivity index (χ0) is 15.2. The molecule has 0 aromatic carbocycles. The second-order valence-electron chi connectivity index (χ2n) is 5.18. The molecule has 1 saturated heterocycles. The van der Waals surface area contributed by atoms with Crippen molar-refractivity contribution in [3.8, 4) is 5.88 Å². The van der Waals surface area contributed by atoms with Crippen molar-refractivity contribution in [3.05, 3.63) is 16.4 Å². The van der Waals surface area contributed by atoms with Gasteiger partial charge >= 0.3 is 5.69 Å². The van der Waals surface area contributed by atoms with E-state index in [2.05, 4.69) is 27.2 Å². The fraction of sp³-hybridized carbons (Fsp3) is 0.692. The van der Waals surface area contributed by atoms with Gasteiger partial charge in [0.25, 0.3) is 5.88 Å². The number of rotatable bonds is 6. The molecule has 2 heterocycles. The van der Waals surface area contributed by atoms with Crippen LogP contribution in [0.3, 0.4) is 0 Å². The van der Waals surface area contributed by atoms with Gasteiger partial charge in [0.1, 0.15) is 12.4 Å². The van der Waals surface area contributed by atoms with Crippen LogP contribution in [0.5, 0.6) is 5.88 Å². The third-order valence-electron chi connectivity index (χ3n) is 3.46. The SMILES string of the molecule is CCCNc1ncnc(OC2CCN(C)CC2)c1[N+](=O)[O-]. The highest BCUT2D eigenvalue weighted by Gasteiger charge is 2.27. The van der Waals surface area contributed by atoms with E-state index in [0.29, 0.717) is 6.54 Å². The van der Waals surface area contributed by atoms with E-state index in [4.69, 9.17) is 4.74 Å². The molecule has 21 heavy (non-hydrogen) atoms. The van der Waals surface area contributed by atoms with E-state index < -0.39 is 4.92 Å². The van der Waals surface area contributed by atoms with E-state index in [1.807, 2.05) is 6.92 Å². The van der Waals surface area contributed by atoms with Gasteiger partial charge in [0.2, 0.25) is 5.82 Å². The molecule has 0 aliphatic carbocycles. The van der Waals surface area contributed by atoms with Crippen LogP contribution < -0.4 is 10.1 Å². The molecule has 1 aromatic heterocycles. The number of ether oxygens (including phenoxy) is 1. The fourth-order valence-corrected chi connectivity index (χ4v) is 2.25. The topological polar surface area (TPSA) is 93.4 Å². The first-order valence-electron chi connectivity index (χ1n) is 7.20. The lowest BCUT2D eigenvalue weighted by Crippen LogP contribution is -2.35. The zero-order valence-corrected chi connectivity index (χ0v) is 12.4. The molecule has 0 bridgehead atoms. The average Bonchev–Trinajstić information content (AvgIpc) is 2.47. The summed E-state index contributed by atoms with van der Waals surface area (Å²) in [5.74, 6) is 0.280. The van der Waals surface area contributed by atoms with Crippen molar-refractivity contribution in [2.24, 2.45) is 0 Å². The Morgan fingerprint density at radius 1 is 1.48 bits per heavy atom. The number of nitrogens with one attached hydrogen (secondary N) is 1. The Balaban J connectivity index is 2.16. The third-order valence-corrected chi connectivity index (χ3v) is 3.46. The first kappa shape index (κ1) is 15.4. The van der Waals surface area contributed by atoms with E-state index in [-0.39, 0.29) is 23.5 Å². The maximum absolute atomic E-state index is 11.3. The number of likely N-dealkylation sites (tertiary alicyclic amines) is 1. The highest BCUT2D eigenvalue weighted by molar-refractivity contribution is 5.61. The van der Waals surface area contributed by atoms with Crippen molar-refractivity contribution in [1.29, 1.82) is 0 Å². The summed E-state index contributed by atoms with van der Waals surface area (Å²) < 4.78 is 5.76. The Labute approximate surface area is 123 Å². The van der Waals surface area contributed by atoms with Crippen molar-refractivity contribution in [2.75, 3.05) is 32.0 Å². The Bertz CT molecular complexity index is 489. The highest BCUT2D eigenvalue weighted by Crippen LogP contribution is 2.32. The molecule has 0 radical (unpaired) electrons. The van der Waals surface area contributed by atoms with Crippen LogP contribution in [0.2, 0.25) is 0 Å². The van der Waals surface area contributed by atoms with Crippen molar-refractivity contribution in [2.45, 2.75) is 32.3 Å². The molecule has 8 nitrogen and oxygen atoms in total. The third kappa shape index (κ3) is 4.01. The van der Waals surface area contributed by atoms with Gasteiger partial charge in [-0.25, -0.2) is 4.98 Å². The van der Waals surface area contributed by atoms with E-state index in [9.17, 15) is 10.1 Å².